The fraction of sp³-hybridized carbons (Fsp3) is 0.214. The van der Waals surface area contributed by atoms with Crippen LogP contribution in [0.4, 0.5) is 0 Å². The van der Waals surface area contributed by atoms with Crippen LogP contribution in [0.1, 0.15) is 32.7 Å². The molecule has 0 aliphatic carbocycles. The van der Waals surface area contributed by atoms with Gasteiger partial charge in [0.05, 0.1) is 5.69 Å². The SMILES string of the molecule is Cc1cc(C)c(C(=O)/C=C/c2csnn2)cc1C. The number of allylic oxidation sites excluding steroid dienone is 1. The Morgan fingerprint density at radius 1 is 1.17 bits per heavy atom. The third kappa shape index (κ3) is 2.71. The summed E-state index contributed by atoms with van der Waals surface area (Å²) in [7, 11) is 0. The second-order valence-corrected chi connectivity index (χ2v) is 4.89. The molecule has 18 heavy (non-hydrogen) atoms. The van der Waals surface area contributed by atoms with E-state index in [0.717, 1.165) is 22.4 Å². The molecule has 0 fully saturated rings. The Bertz CT molecular complexity index is 601. The Kier molecular flexibility index (Phi) is 3.67. The van der Waals surface area contributed by atoms with Crippen molar-refractivity contribution < 1.29 is 4.79 Å². The van der Waals surface area contributed by atoms with Crippen LogP contribution in [-0.2, 0) is 0 Å². The maximum atomic E-state index is 12.1. The number of aryl methyl sites for hydroxylation is 3. The van der Waals surface area contributed by atoms with Crippen LogP contribution in [0.2, 0.25) is 0 Å². The molecule has 1 heterocycles. The largest absolute Gasteiger partial charge is 0.289 e. The molecule has 0 aliphatic heterocycles. The number of ketones is 1. The molecular formula is C14H14N2OS. The Morgan fingerprint density at radius 3 is 2.56 bits per heavy atom. The fourth-order valence-corrected chi connectivity index (χ4v) is 2.14. The quantitative estimate of drug-likeness (QED) is 0.626. The molecule has 0 spiro atoms. The highest BCUT2D eigenvalue weighted by Gasteiger charge is 2.07. The summed E-state index contributed by atoms with van der Waals surface area (Å²) in [5.74, 6) is 0.00333. The smallest absolute Gasteiger partial charge is 0.186 e. The molecule has 0 bridgehead atoms. The van der Waals surface area contributed by atoms with Crippen molar-refractivity contribution in [2.75, 3.05) is 0 Å². The van der Waals surface area contributed by atoms with Crippen LogP contribution in [0, 0.1) is 20.8 Å². The van der Waals surface area contributed by atoms with Crippen molar-refractivity contribution in [1.82, 2.24) is 9.59 Å². The zero-order valence-electron chi connectivity index (χ0n) is 10.6. The molecule has 0 unspecified atom stereocenters. The first kappa shape index (κ1) is 12.6. The van der Waals surface area contributed by atoms with E-state index in [4.69, 9.17) is 0 Å². The van der Waals surface area contributed by atoms with Crippen LogP contribution in [0.25, 0.3) is 6.08 Å². The predicted molar refractivity (Wildman–Crippen MR) is 73.9 cm³/mol. The Labute approximate surface area is 110 Å². The van der Waals surface area contributed by atoms with Crippen LogP contribution >= 0.6 is 11.5 Å². The average Bonchev–Trinajstić information content (AvgIpc) is 2.84. The van der Waals surface area contributed by atoms with Crippen molar-refractivity contribution in [3.05, 3.63) is 51.5 Å². The maximum absolute atomic E-state index is 12.1. The molecule has 3 nitrogen and oxygen atoms in total. The number of hydrogen-bond acceptors (Lipinski definition) is 4. The van der Waals surface area contributed by atoms with Crippen molar-refractivity contribution in [2.24, 2.45) is 0 Å². The zero-order valence-corrected chi connectivity index (χ0v) is 11.4. The van der Waals surface area contributed by atoms with Gasteiger partial charge in [-0.15, -0.1) is 5.10 Å². The van der Waals surface area contributed by atoms with E-state index in [1.807, 2.05) is 32.9 Å². The van der Waals surface area contributed by atoms with Crippen molar-refractivity contribution in [3.8, 4) is 0 Å². The van der Waals surface area contributed by atoms with Crippen molar-refractivity contribution >= 4 is 23.4 Å². The molecule has 1 aromatic carbocycles. The Hall–Kier alpha value is -1.81. The minimum Gasteiger partial charge on any atom is -0.289 e. The first-order valence-electron chi connectivity index (χ1n) is 5.65. The van der Waals surface area contributed by atoms with Gasteiger partial charge >= 0.3 is 0 Å². The summed E-state index contributed by atoms with van der Waals surface area (Å²) in [6.07, 6.45) is 3.24. The van der Waals surface area contributed by atoms with Gasteiger partial charge in [-0.05, 0) is 67.2 Å². The van der Waals surface area contributed by atoms with Crippen LogP contribution in [0.3, 0.4) is 0 Å². The van der Waals surface area contributed by atoms with Gasteiger partial charge in [0.15, 0.2) is 5.78 Å². The second-order valence-electron chi connectivity index (χ2n) is 4.28. The first-order chi connectivity index (χ1) is 8.58. The lowest BCUT2D eigenvalue weighted by molar-refractivity contribution is 0.104. The third-order valence-electron chi connectivity index (χ3n) is 2.89. The van der Waals surface area contributed by atoms with Gasteiger partial charge in [-0.2, -0.15) is 0 Å². The number of benzene rings is 1. The van der Waals surface area contributed by atoms with Crippen LogP contribution in [-0.4, -0.2) is 15.4 Å². The predicted octanol–water partition coefficient (Wildman–Crippen LogP) is 3.36. The minimum absolute atomic E-state index is 0.00333. The molecule has 0 radical (unpaired) electrons. The molecule has 2 aromatic rings. The summed E-state index contributed by atoms with van der Waals surface area (Å²) in [4.78, 5) is 12.1. The summed E-state index contributed by atoms with van der Waals surface area (Å²) in [5.41, 5.74) is 4.81. The summed E-state index contributed by atoms with van der Waals surface area (Å²) in [5, 5.41) is 5.67. The van der Waals surface area contributed by atoms with Gasteiger partial charge in [-0.25, -0.2) is 0 Å². The topological polar surface area (TPSA) is 42.9 Å². The molecule has 92 valence electrons. The highest BCUT2D eigenvalue weighted by atomic mass is 32.1. The maximum Gasteiger partial charge on any atom is 0.186 e. The molecule has 0 amide bonds. The number of nitrogens with zero attached hydrogens (tertiary/aromatic N) is 2. The monoisotopic (exact) mass is 258 g/mol. The lowest BCUT2D eigenvalue weighted by Crippen LogP contribution is -2.00. The van der Waals surface area contributed by atoms with E-state index >= 15 is 0 Å². The van der Waals surface area contributed by atoms with E-state index in [1.165, 1.54) is 17.1 Å². The van der Waals surface area contributed by atoms with Gasteiger partial charge < -0.3 is 0 Å². The number of carbonyl (C=O) groups is 1. The summed E-state index contributed by atoms with van der Waals surface area (Å²) >= 11 is 1.27. The van der Waals surface area contributed by atoms with Crippen LogP contribution in [0.15, 0.2) is 23.6 Å². The van der Waals surface area contributed by atoms with E-state index < -0.39 is 0 Å². The van der Waals surface area contributed by atoms with E-state index in [9.17, 15) is 4.79 Å². The van der Waals surface area contributed by atoms with Gasteiger partial charge in [0.1, 0.15) is 0 Å². The highest BCUT2D eigenvalue weighted by molar-refractivity contribution is 7.03. The Morgan fingerprint density at radius 2 is 1.89 bits per heavy atom. The lowest BCUT2D eigenvalue weighted by atomic mass is 9.98. The number of hydrogen-bond donors (Lipinski definition) is 0. The second kappa shape index (κ2) is 5.23. The number of aromatic nitrogens is 2. The van der Waals surface area contributed by atoms with Gasteiger partial charge in [0.2, 0.25) is 0 Å². The molecule has 1 aromatic heterocycles. The fourth-order valence-electron chi connectivity index (χ4n) is 1.72. The Balaban J connectivity index is 2.27. The van der Waals surface area contributed by atoms with Gasteiger partial charge in [0, 0.05) is 10.9 Å². The molecule has 0 atom stereocenters. The molecule has 2 rings (SSSR count). The molecule has 0 aliphatic rings. The van der Waals surface area contributed by atoms with E-state index in [-0.39, 0.29) is 5.78 Å². The lowest BCUT2D eigenvalue weighted by Gasteiger charge is -2.06. The van der Waals surface area contributed by atoms with Gasteiger partial charge in [0.25, 0.3) is 0 Å². The summed E-state index contributed by atoms with van der Waals surface area (Å²) in [6.45, 7) is 6.02. The average molecular weight is 258 g/mol. The molecule has 0 saturated carbocycles. The number of rotatable bonds is 3. The van der Waals surface area contributed by atoms with E-state index in [1.54, 1.807) is 17.5 Å². The van der Waals surface area contributed by atoms with Crippen molar-refractivity contribution in [3.63, 3.8) is 0 Å². The minimum atomic E-state index is 0.00333. The molecule has 4 heteroatoms. The standard InChI is InChI=1S/C14H14N2OS/c1-9-6-11(3)13(7-10(9)2)14(17)5-4-12-8-18-16-15-12/h4-8H,1-3H3/b5-4+. The summed E-state index contributed by atoms with van der Waals surface area (Å²) in [6, 6.07) is 3.98. The first-order valence-corrected chi connectivity index (χ1v) is 6.49. The van der Waals surface area contributed by atoms with Crippen molar-refractivity contribution in [2.45, 2.75) is 20.8 Å². The summed E-state index contributed by atoms with van der Waals surface area (Å²) < 4.78 is 3.75. The third-order valence-corrected chi connectivity index (χ3v) is 3.41. The molecule has 0 N–H and O–H groups in total. The van der Waals surface area contributed by atoms with E-state index in [0.29, 0.717) is 0 Å². The van der Waals surface area contributed by atoms with Crippen molar-refractivity contribution in [1.29, 1.82) is 0 Å². The highest BCUT2D eigenvalue weighted by Crippen LogP contribution is 2.16. The van der Waals surface area contributed by atoms with Gasteiger partial charge in [-0.1, -0.05) is 10.6 Å². The normalized spacial score (nSPS) is 11.1. The van der Waals surface area contributed by atoms with Gasteiger partial charge in [-0.3, -0.25) is 4.79 Å². The van der Waals surface area contributed by atoms with E-state index in [2.05, 4.69) is 9.59 Å². The zero-order chi connectivity index (χ0) is 13.1. The molecule has 0 saturated heterocycles. The van der Waals surface area contributed by atoms with Crippen LogP contribution < -0.4 is 0 Å². The molecular weight excluding hydrogens is 244 g/mol. The van der Waals surface area contributed by atoms with Crippen LogP contribution in [0.5, 0.6) is 0 Å². The number of carbonyl (C=O) groups excluding carboxylic acids is 1.